The number of hydrogen-bond acceptors (Lipinski definition) is 6. The highest BCUT2D eigenvalue weighted by Gasteiger charge is 2.21. The first-order valence-corrected chi connectivity index (χ1v) is 9.42. The highest BCUT2D eigenvalue weighted by Crippen LogP contribution is 2.19. The molecule has 1 N–H and O–H groups in total. The predicted octanol–water partition coefficient (Wildman–Crippen LogP) is 4.10. The van der Waals surface area contributed by atoms with E-state index in [9.17, 15) is 27.2 Å². The Morgan fingerprint density at radius 1 is 1.26 bits per heavy atom. The van der Waals surface area contributed by atoms with Gasteiger partial charge in [-0.2, -0.15) is 5.10 Å². The van der Waals surface area contributed by atoms with E-state index in [1.54, 1.807) is 20.2 Å². The summed E-state index contributed by atoms with van der Waals surface area (Å²) in [6, 6.07) is 0. The minimum absolute atomic E-state index is 0.123. The smallest absolute Gasteiger partial charge is 0.340 e. The average molecular weight is 453 g/mol. The summed E-state index contributed by atoms with van der Waals surface area (Å²) >= 11 is 0. The number of unbranched alkanes of at least 4 members (excludes halogenated alkanes) is 1. The SMILES string of the molecule is C=C(/C(=C\NC)C(=O)OCCOC=O)C(F)F.CCCC.Cc1cn(C)nc1C(F)F. The summed E-state index contributed by atoms with van der Waals surface area (Å²) in [5, 5.41) is 6.02. The van der Waals surface area contributed by atoms with Crippen molar-refractivity contribution in [3.63, 3.8) is 0 Å². The summed E-state index contributed by atoms with van der Waals surface area (Å²) in [6.45, 7) is 8.91. The molecule has 0 spiro atoms. The van der Waals surface area contributed by atoms with Gasteiger partial charge in [0.05, 0.1) is 5.57 Å². The van der Waals surface area contributed by atoms with E-state index in [-0.39, 0.29) is 31.0 Å². The van der Waals surface area contributed by atoms with Crippen LogP contribution in [0.15, 0.2) is 30.1 Å². The number of nitrogens with one attached hydrogen (secondary N) is 1. The van der Waals surface area contributed by atoms with Gasteiger partial charge in [-0.05, 0) is 12.5 Å². The molecule has 178 valence electrons. The molecule has 0 aliphatic rings. The maximum Gasteiger partial charge on any atom is 0.340 e. The first-order valence-electron chi connectivity index (χ1n) is 9.42. The third kappa shape index (κ3) is 13.9. The Hall–Kier alpha value is -2.85. The van der Waals surface area contributed by atoms with Crippen LogP contribution in [0.2, 0.25) is 0 Å². The highest BCUT2D eigenvalue weighted by atomic mass is 19.3. The zero-order chi connectivity index (χ0) is 24.4. The van der Waals surface area contributed by atoms with Crippen LogP contribution in [0.3, 0.4) is 0 Å². The molecule has 11 heteroatoms. The topological polar surface area (TPSA) is 82.5 Å². The lowest BCUT2D eigenvalue weighted by Gasteiger charge is -2.09. The molecular formula is C20H31F4N3O4. The van der Waals surface area contributed by atoms with E-state index in [2.05, 4.69) is 40.3 Å². The van der Waals surface area contributed by atoms with E-state index >= 15 is 0 Å². The van der Waals surface area contributed by atoms with Gasteiger partial charge in [-0.3, -0.25) is 9.48 Å². The largest absolute Gasteiger partial charge is 0.464 e. The Morgan fingerprint density at radius 3 is 2.16 bits per heavy atom. The number of halogens is 4. The summed E-state index contributed by atoms with van der Waals surface area (Å²) < 4.78 is 58.9. The van der Waals surface area contributed by atoms with Crippen molar-refractivity contribution in [3.05, 3.63) is 41.4 Å². The highest BCUT2D eigenvalue weighted by molar-refractivity contribution is 5.93. The molecule has 0 aromatic carbocycles. The molecule has 0 saturated carbocycles. The number of carbonyl (C=O) groups excluding carboxylic acids is 2. The van der Waals surface area contributed by atoms with Crippen molar-refractivity contribution < 1.29 is 36.6 Å². The molecule has 1 aromatic rings. The van der Waals surface area contributed by atoms with Gasteiger partial charge in [-0.1, -0.05) is 33.3 Å². The normalized spacial score (nSPS) is 10.5. The molecule has 7 nitrogen and oxygen atoms in total. The molecule has 31 heavy (non-hydrogen) atoms. The summed E-state index contributed by atoms with van der Waals surface area (Å²) in [7, 11) is 3.07. The number of rotatable bonds is 10. The number of ether oxygens (including phenoxy) is 2. The monoisotopic (exact) mass is 453 g/mol. The molecule has 0 saturated heterocycles. The number of aromatic nitrogens is 2. The predicted molar refractivity (Wildman–Crippen MR) is 109 cm³/mol. The van der Waals surface area contributed by atoms with Gasteiger partial charge in [0.15, 0.2) is 0 Å². The second kappa shape index (κ2) is 18.0. The van der Waals surface area contributed by atoms with E-state index < -0.39 is 24.4 Å². The fourth-order valence-electron chi connectivity index (χ4n) is 1.69. The molecule has 1 aromatic heterocycles. The lowest BCUT2D eigenvalue weighted by atomic mass is 10.1. The number of aryl methyl sites for hydroxylation is 2. The van der Waals surface area contributed by atoms with Crippen LogP contribution < -0.4 is 5.32 Å². The summed E-state index contributed by atoms with van der Waals surface area (Å²) in [4.78, 5) is 21.2. The quantitative estimate of drug-likeness (QED) is 0.143. The van der Waals surface area contributed by atoms with Gasteiger partial charge in [0, 0.05) is 32.1 Å². The maximum absolute atomic E-state index is 12.4. The van der Waals surface area contributed by atoms with E-state index in [0.717, 1.165) is 6.20 Å². The summed E-state index contributed by atoms with van der Waals surface area (Å²) in [5.74, 6) is -0.959. The first kappa shape index (κ1) is 30.3. The van der Waals surface area contributed by atoms with Gasteiger partial charge in [0.25, 0.3) is 19.3 Å². The van der Waals surface area contributed by atoms with E-state index in [4.69, 9.17) is 0 Å². The van der Waals surface area contributed by atoms with Crippen molar-refractivity contribution in [1.82, 2.24) is 15.1 Å². The third-order valence-electron chi connectivity index (χ3n) is 3.38. The van der Waals surface area contributed by atoms with Crippen LogP contribution in [0.4, 0.5) is 17.6 Å². The van der Waals surface area contributed by atoms with Crippen LogP contribution in [0.1, 0.15) is 44.4 Å². The number of carbonyl (C=O) groups is 2. The second-order valence-electron chi connectivity index (χ2n) is 5.95. The Bertz CT molecular complexity index is 690. The van der Waals surface area contributed by atoms with Gasteiger partial charge in [-0.15, -0.1) is 0 Å². The van der Waals surface area contributed by atoms with E-state index in [1.807, 2.05) is 0 Å². The van der Waals surface area contributed by atoms with E-state index in [0.29, 0.717) is 5.56 Å². The molecule has 0 aliphatic heterocycles. The lowest BCUT2D eigenvalue weighted by molar-refractivity contribution is -0.143. The standard InChI is InChI=1S/C10H13F2NO4.C6H8F2N2.C4H10/c1-7(9(11)12)8(5-13-2)10(15)17-4-3-16-6-14;1-4-3-10(2)9-5(4)6(7)8;1-3-4-2/h5-6,9,13H,1,3-4H2,2H3;3,6H,1-2H3;3-4H2,1-2H3/b8-5+;;. The average Bonchev–Trinajstić information content (AvgIpc) is 3.07. The molecule has 0 radical (unpaired) electrons. The number of alkyl halides is 4. The Morgan fingerprint density at radius 2 is 1.84 bits per heavy atom. The molecule has 0 unspecified atom stereocenters. The van der Waals surface area contributed by atoms with Crippen molar-refractivity contribution >= 4 is 12.4 Å². The van der Waals surface area contributed by atoms with Crippen LogP contribution in [-0.2, 0) is 26.1 Å². The van der Waals surface area contributed by atoms with Crippen molar-refractivity contribution in [2.24, 2.45) is 7.05 Å². The van der Waals surface area contributed by atoms with E-state index in [1.165, 1.54) is 24.6 Å². The van der Waals surface area contributed by atoms with Crippen molar-refractivity contribution in [2.75, 3.05) is 20.3 Å². The van der Waals surface area contributed by atoms with Gasteiger partial charge >= 0.3 is 5.97 Å². The number of nitrogens with zero attached hydrogens (tertiary/aromatic N) is 2. The molecule has 0 aliphatic carbocycles. The Kier molecular flexibility index (Phi) is 17.6. The lowest BCUT2D eigenvalue weighted by Crippen LogP contribution is -2.17. The molecule has 0 fully saturated rings. The van der Waals surface area contributed by atoms with Gasteiger partial charge < -0.3 is 14.8 Å². The molecule has 1 rings (SSSR count). The van der Waals surface area contributed by atoms with Crippen molar-refractivity contribution in [2.45, 2.75) is 46.5 Å². The summed E-state index contributed by atoms with van der Waals surface area (Å²) in [6.07, 6.45) is -0.0339. The zero-order valence-electron chi connectivity index (χ0n) is 18.5. The van der Waals surface area contributed by atoms with Crippen molar-refractivity contribution in [1.29, 1.82) is 0 Å². The fourth-order valence-corrected chi connectivity index (χ4v) is 1.69. The van der Waals surface area contributed by atoms with Crippen LogP contribution >= 0.6 is 0 Å². The van der Waals surface area contributed by atoms with Gasteiger partial charge in [-0.25, -0.2) is 22.4 Å². The molecule has 1 heterocycles. The van der Waals surface area contributed by atoms with Crippen LogP contribution in [0, 0.1) is 6.92 Å². The molecule has 0 amide bonds. The van der Waals surface area contributed by atoms with Crippen LogP contribution in [0.5, 0.6) is 0 Å². The molecular weight excluding hydrogens is 422 g/mol. The third-order valence-corrected chi connectivity index (χ3v) is 3.38. The van der Waals surface area contributed by atoms with Crippen molar-refractivity contribution in [3.8, 4) is 0 Å². The van der Waals surface area contributed by atoms with Crippen LogP contribution in [-0.4, -0.2) is 48.9 Å². The maximum atomic E-state index is 12.4. The molecule has 0 atom stereocenters. The summed E-state index contributed by atoms with van der Waals surface area (Å²) in [5.41, 5.74) is -0.575. The van der Waals surface area contributed by atoms with Crippen LogP contribution in [0.25, 0.3) is 0 Å². The first-order chi connectivity index (χ1) is 14.6. The second-order valence-corrected chi connectivity index (χ2v) is 5.95. The minimum Gasteiger partial charge on any atom is -0.464 e. The minimum atomic E-state index is -2.85. The zero-order valence-corrected chi connectivity index (χ0v) is 18.5. The fraction of sp³-hybridized carbons (Fsp3) is 0.550. The van der Waals surface area contributed by atoms with Gasteiger partial charge in [0.1, 0.15) is 18.9 Å². The Balaban J connectivity index is 0. The number of hydrogen-bond donors (Lipinski definition) is 1. The van der Waals surface area contributed by atoms with Gasteiger partial charge in [0.2, 0.25) is 0 Å². The molecule has 0 bridgehead atoms. The Labute approximate surface area is 180 Å². The number of esters is 1.